The van der Waals surface area contributed by atoms with Crippen molar-refractivity contribution in [3.05, 3.63) is 35.4 Å². The van der Waals surface area contributed by atoms with Crippen LogP contribution in [0.3, 0.4) is 0 Å². The first-order valence-electron chi connectivity index (χ1n) is 6.78. The first kappa shape index (κ1) is 12.6. The molecule has 1 unspecified atom stereocenters. The summed E-state index contributed by atoms with van der Waals surface area (Å²) < 4.78 is 5.33. The molecule has 1 aromatic rings. The molecule has 1 aliphatic carbocycles. The van der Waals surface area contributed by atoms with E-state index in [0.29, 0.717) is 5.92 Å². The Bertz CT molecular complexity index is 337. The van der Waals surface area contributed by atoms with Crippen molar-refractivity contribution in [3.63, 3.8) is 0 Å². The van der Waals surface area contributed by atoms with E-state index in [-0.39, 0.29) is 0 Å². The first-order chi connectivity index (χ1) is 8.42. The van der Waals surface area contributed by atoms with Crippen LogP contribution in [0, 0.1) is 0 Å². The molecule has 1 atom stereocenters. The maximum absolute atomic E-state index is 5.33. The molecule has 2 nitrogen and oxygen atoms in total. The molecule has 0 aliphatic heterocycles. The Morgan fingerprint density at radius 3 is 3.12 bits per heavy atom. The minimum absolute atomic E-state index is 0.696. The van der Waals surface area contributed by atoms with Gasteiger partial charge in [-0.15, -0.1) is 0 Å². The van der Waals surface area contributed by atoms with Gasteiger partial charge in [0, 0.05) is 19.7 Å². The van der Waals surface area contributed by atoms with Gasteiger partial charge in [0.15, 0.2) is 0 Å². The van der Waals surface area contributed by atoms with Gasteiger partial charge >= 0.3 is 0 Å². The molecular weight excluding hydrogens is 210 g/mol. The van der Waals surface area contributed by atoms with Gasteiger partial charge < -0.3 is 10.1 Å². The van der Waals surface area contributed by atoms with Crippen molar-refractivity contribution in [2.24, 2.45) is 0 Å². The van der Waals surface area contributed by atoms with Gasteiger partial charge in [0.25, 0.3) is 0 Å². The fourth-order valence-electron chi connectivity index (χ4n) is 2.63. The summed E-state index contributed by atoms with van der Waals surface area (Å²) in [6.45, 7) is 5.73. The SMILES string of the molecule is CCOCCNCC1CCCc2ccccc21. The molecule has 1 N–H and O–H groups in total. The second-order valence-electron chi connectivity index (χ2n) is 4.69. The summed E-state index contributed by atoms with van der Waals surface area (Å²) >= 11 is 0. The topological polar surface area (TPSA) is 21.3 Å². The van der Waals surface area contributed by atoms with Crippen molar-refractivity contribution in [3.8, 4) is 0 Å². The number of ether oxygens (including phenoxy) is 1. The summed E-state index contributed by atoms with van der Waals surface area (Å²) in [4.78, 5) is 0. The molecule has 2 rings (SSSR count). The molecule has 0 saturated carbocycles. The molecule has 0 heterocycles. The van der Waals surface area contributed by atoms with Gasteiger partial charge in [0.1, 0.15) is 0 Å². The Morgan fingerprint density at radius 1 is 1.35 bits per heavy atom. The number of fused-ring (bicyclic) bond motifs is 1. The van der Waals surface area contributed by atoms with Crippen LogP contribution in [0.15, 0.2) is 24.3 Å². The Balaban J connectivity index is 1.82. The van der Waals surface area contributed by atoms with Gasteiger partial charge in [0.2, 0.25) is 0 Å². The number of nitrogens with one attached hydrogen (secondary N) is 1. The zero-order chi connectivity index (χ0) is 11.9. The molecule has 17 heavy (non-hydrogen) atoms. The molecule has 0 amide bonds. The third-order valence-electron chi connectivity index (χ3n) is 3.51. The quantitative estimate of drug-likeness (QED) is 0.763. The van der Waals surface area contributed by atoms with Gasteiger partial charge in [-0.2, -0.15) is 0 Å². The van der Waals surface area contributed by atoms with Gasteiger partial charge in [0.05, 0.1) is 6.61 Å². The van der Waals surface area contributed by atoms with Crippen LogP contribution in [-0.2, 0) is 11.2 Å². The Labute approximate surface area is 104 Å². The largest absolute Gasteiger partial charge is 0.380 e. The minimum atomic E-state index is 0.696. The summed E-state index contributed by atoms with van der Waals surface area (Å²) in [6, 6.07) is 8.89. The van der Waals surface area contributed by atoms with Crippen LogP contribution in [-0.4, -0.2) is 26.3 Å². The minimum Gasteiger partial charge on any atom is -0.380 e. The van der Waals surface area contributed by atoms with Crippen LogP contribution in [0.2, 0.25) is 0 Å². The molecule has 0 bridgehead atoms. The zero-order valence-electron chi connectivity index (χ0n) is 10.7. The number of hydrogen-bond donors (Lipinski definition) is 1. The van der Waals surface area contributed by atoms with Crippen molar-refractivity contribution in [1.29, 1.82) is 0 Å². The van der Waals surface area contributed by atoms with Gasteiger partial charge in [-0.25, -0.2) is 0 Å². The molecule has 0 saturated heterocycles. The molecule has 0 radical (unpaired) electrons. The summed E-state index contributed by atoms with van der Waals surface area (Å²) in [5, 5.41) is 3.51. The molecule has 0 fully saturated rings. The fraction of sp³-hybridized carbons (Fsp3) is 0.600. The van der Waals surface area contributed by atoms with Crippen molar-refractivity contribution in [1.82, 2.24) is 5.32 Å². The second kappa shape index (κ2) is 6.77. The van der Waals surface area contributed by atoms with E-state index in [0.717, 1.165) is 26.3 Å². The zero-order valence-corrected chi connectivity index (χ0v) is 10.7. The predicted molar refractivity (Wildman–Crippen MR) is 71.5 cm³/mol. The number of rotatable bonds is 6. The van der Waals surface area contributed by atoms with Crippen LogP contribution in [0.1, 0.15) is 36.8 Å². The maximum atomic E-state index is 5.33. The molecule has 0 aromatic heterocycles. The average Bonchev–Trinajstić information content (AvgIpc) is 2.39. The summed E-state index contributed by atoms with van der Waals surface area (Å²) in [5.74, 6) is 0.696. The van der Waals surface area contributed by atoms with Gasteiger partial charge in [-0.05, 0) is 43.2 Å². The van der Waals surface area contributed by atoms with Crippen molar-refractivity contribution < 1.29 is 4.74 Å². The van der Waals surface area contributed by atoms with Crippen LogP contribution >= 0.6 is 0 Å². The normalized spacial score (nSPS) is 19.0. The van der Waals surface area contributed by atoms with E-state index in [1.807, 2.05) is 6.92 Å². The van der Waals surface area contributed by atoms with Crippen LogP contribution in [0.25, 0.3) is 0 Å². The fourth-order valence-corrected chi connectivity index (χ4v) is 2.63. The lowest BCUT2D eigenvalue weighted by Crippen LogP contribution is -2.27. The van der Waals surface area contributed by atoms with E-state index in [1.54, 1.807) is 11.1 Å². The van der Waals surface area contributed by atoms with Crippen LogP contribution < -0.4 is 5.32 Å². The first-order valence-corrected chi connectivity index (χ1v) is 6.78. The molecule has 1 aliphatic rings. The van der Waals surface area contributed by atoms with E-state index >= 15 is 0 Å². The van der Waals surface area contributed by atoms with E-state index in [2.05, 4.69) is 29.6 Å². The summed E-state index contributed by atoms with van der Waals surface area (Å²) in [5.41, 5.74) is 3.11. The van der Waals surface area contributed by atoms with Crippen LogP contribution in [0.4, 0.5) is 0 Å². The van der Waals surface area contributed by atoms with E-state index in [9.17, 15) is 0 Å². The van der Waals surface area contributed by atoms with E-state index in [1.165, 1.54) is 19.3 Å². The number of aryl methyl sites for hydroxylation is 1. The highest BCUT2D eigenvalue weighted by Crippen LogP contribution is 2.30. The lowest BCUT2D eigenvalue weighted by Gasteiger charge is -2.25. The van der Waals surface area contributed by atoms with Crippen LogP contribution in [0.5, 0.6) is 0 Å². The third-order valence-corrected chi connectivity index (χ3v) is 3.51. The van der Waals surface area contributed by atoms with Gasteiger partial charge in [-0.1, -0.05) is 24.3 Å². The average molecular weight is 233 g/mol. The lowest BCUT2D eigenvalue weighted by atomic mass is 9.83. The number of benzene rings is 1. The molecular formula is C15H23NO. The smallest absolute Gasteiger partial charge is 0.0590 e. The highest BCUT2D eigenvalue weighted by molar-refractivity contribution is 5.32. The molecule has 1 aromatic carbocycles. The molecule has 0 spiro atoms. The van der Waals surface area contributed by atoms with Gasteiger partial charge in [-0.3, -0.25) is 0 Å². The second-order valence-corrected chi connectivity index (χ2v) is 4.69. The van der Waals surface area contributed by atoms with Crippen molar-refractivity contribution >= 4 is 0 Å². The molecule has 94 valence electrons. The lowest BCUT2D eigenvalue weighted by molar-refractivity contribution is 0.149. The predicted octanol–water partition coefficient (Wildman–Crippen LogP) is 2.73. The van der Waals surface area contributed by atoms with Crippen molar-refractivity contribution in [2.75, 3.05) is 26.3 Å². The van der Waals surface area contributed by atoms with E-state index in [4.69, 9.17) is 4.74 Å². The Morgan fingerprint density at radius 2 is 2.24 bits per heavy atom. The van der Waals surface area contributed by atoms with Crippen molar-refractivity contribution in [2.45, 2.75) is 32.1 Å². The highest BCUT2D eigenvalue weighted by atomic mass is 16.5. The Kier molecular flexibility index (Phi) is 5.02. The Hall–Kier alpha value is -0.860. The summed E-state index contributed by atoms with van der Waals surface area (Å²) in [6.07, 6.45) is 3.90. The summed E-state index contributed by atoms with van der Waals surface area (Å²) in [7, 11) is 0. The third kappa shape index (κ3) is 3.55. The maximum Gasteiger partial charge on any atom is 0.0590 e. The monoisotopic (exact) mass is 233 g/mol. The standard InChI is InChI=1S/C15H23NO/c1-2-17-11-10-16-12-14-8-5-7-13-6-3-4-9-15(13)14/h3-4,6,9,14,16H,2,5,7-8,10-12H2,1H3. The highest BCUT2D eigenvalue weighted by Gasteiger charge is 2.18. The molecule has 2 heteroatoms. The number of hydrogen-bond acceptors (Lipinski definition) is 2. The van der Waals surface area contributed by atoms with E-state index < -0.39 is 0 Å².